The summed E-state index contributed by atoms with van der Waals surface area (Å²) in [5, 5.41) is 10.4. The third-order valence-corrected chi connectivity index (χ3v) is 7.17. The maximum atomic E-state index is 13.7. The zero-order valence-electron chi connectivity index (χ0n) is 20.0. The van der Waals surface area contributed by atoms with Crippen LogP contribution < -0.4 is 15.2 Å². The fraction of sp³-hybridized carbons (Fsp3) is 0.370. The lowest BCUT2D eigenvalue weighted by molar-refractivity contribution is 0.0843. The van der Waals surface area contributed by atoms with Gasteiger partial charge in [-0.2, -0.15) is 0 Å². The van der Waals surface area contributed by atoms with Crippen LogP contribution in [0.25, 0.3) is 22.0 Å². The maximum absolute atomic E-state index is 13.7. The molecule has 2 aromatic heterocycles. The Morgan fingerprint density at radius 3 is 2.53 bits per heavy atom. The second-order valence-corrected chi connectivity index (χ2v) is 9.50. The van der Waals surface area contributed by atoms with E-state index in [0.717, 1.165) is 54.6 Å². The highest BCUT2D eigenvalue weighted by Crippen LogP contribution is 2.37. The predicted molar refractivity (Wildman–Crippen MR) is 135 cm³/mol. The summed E-state index contributed by atoms with van der Waals surface area (Å²) in [5.41, 5.74) is 3.41. The van der Waals surface area contributed by atoms with E-state index < -0.39 is 6.36 Å². The van der Waals surface area contributed by atoms with Crippen LogP contribution in [-0.2, 0) is 6.54 Å². The largest absolute Gasteiger partial charge is 0.460 e. The first-order valence-corrected chi connectivity index (χ1v) is 12.4. The van der Waals surface area contributed by atoms with Gasteiger partial charge in [0.1, 0.15) is 5.75 Å². The first-order chi connectivity index (χ1) is 17.5. The van der Waals surface area contributed by atoms with E-state index in [1.54, 1.807) is 23.1 Å². The molecule has 4 aromatic rings. The second kappa shape index (κ2) is 9.05. The standard InChI is InChI=1S/C27H28FN5O3/c1-17(28)36-25-5-3-2-4-21(25)23-10-13-32-26(35)22-7-6-18(14-24(22)33(23)32)19-15-29-27(30-16-19)31-11-8-20(34)9-12-31/h2-7,14-17,20,23,34H,8-13H2,1H3. The number of para-hydroxylation sites is 1. The smallest absolute Gasteiger partial charge is 0.274 e. The van der Waals surface area contributed by atoms with Crippen molar-refractivity contribution in [3.8, 4) is 16.9 Å². The summed E-state index contributed by atoms with van der Waals surface area (Å²) in [6.07, 6.45) is 4.08. The third-order valence-electron chi connectivity index (χ3n) is 7.17. The van der Waals surface area contributed by atoms with Crippen molar-refractivity contribution in [2.75, 3.05) is 18.0 Å². The van der Waals surface area contributed by atoms with Gasteiger partial charge < -0.3 is 14.7 Å². The quantitative estimate of drug-likeness (QED) is 0.458. The Balaban J connectivity index is 1.37. The van der Waals surface area contributed by atoms with Crippen molar-refractivity contribution in [3.63, 3.8) is 0 Å². The number of rotatable bonds is 5. The molecule has 2 aliphatic rings. The van der Waals surface area contributed by atoms with Crippen LogP contribution >= 0.6 is 0 Å². The Kier molecular flexibility index (Phi) is 5.72. The molecule has 6 rings (SSSR count). The number of aliphatic hydroxyl groups excluding tert-OH is 1. The number of anilines is 1. The molecule has 0 amide bonds. The van der Waals surface area contributed by atoms with Gasteiger partial charge in [-0.05, 0) is 43.0 Å². The number of aromatic nitrogens is 4. The maximum Gasteiger partial charge on any atom is 0.274 e. The van der Waals surface area contributed by atoms with Crippen LogP contribution in [0.5, 0.6) is 5.75 Å². The van der Waals surface area contributed by atoms with Crippen molar-refractivity contribution in [2.24, 2.45) is 0 Å². The number of piperidine rings is 1. The highest BCUT2D eigenvalue weighted by Gasteiger charge is 2.30. The van der Waals surface area contributed by atoms with Crippen molar-refractivity contribution in [1.29, 1.82) is 0 Å². The molecule has 0 saturated carbocycles. The number of ether oxygens (including phenoxy) is 1. The van der Waals surface area contributed by atoms with Gasteiger partial charge in [-0.15, -0.1) is 0 Å². The van der Waals surface area contributed by atoms with E-state index >= 15 is 0 Å². The van der Waals surface area contributed by atoms with Crippen LogP contribution in [0.2, 0.25) is 0 Å². The number of benzene rings is 2. The predicted octanol–water partition coefficient (Wildman–Crippen LogP) is 3.91. The van der Waals surface area contributed by atoms with Crippen LogP contribution in [0.15, 0.2) is 59.7 Å². The van der Waals surface area contributed by atoms with E-state index in [-0.39, 0.29) is 17.7 Å². The van der Waals surface area contributed by atoms with Crippen LogP contribution in [0, 0.1) is 0 Å². The highest BCUT2D eigenvalue weighted by molar-refractivity contribution is 5.84. The monoisotopic (exact) mass is 489 g/mol. The Bertz CT molecular complexity index is 1450. The van der Waals surface area contributed by atoms with E-state index in [4.69, 9.17) is 4.74 Å². The van der Waals surface area contributed by atoms with Gasteiger partial charge in [-0.3, -0.25) is 9.48 Å². The number of nitrogens with zero attached hydrogens (tertiary/aromatic N) is 5. The van der Waals surface area contributed by atoms with Gasteiger partial charge in [-0.1, -0.05) is 24.3 Å². The van der Waals surface area contributed by atoms with Crippen LogP contribution in [0.3, 0.4) is 0 Å². The number of halogens is 1. The Labute approximate surface area is 207 Å². The molecular formula is C27H28FN5O3. The van der Waals surface area contributed by atoms with Crippen molar-refractivity contribution in [2.45, 2.75) is 51.2 Å². The first kappa shape index (κ1) is 22.7. The molecule has 2 unspecified atom stereocenters. The Morgan fingerprint density at radius 1 is 1.03 bits per heavy atom. The number of alkyl halides is 1. The van der Waals surface area contributed by atoms with Gasteiger partial charge in [0.05, 0.1) is 23.0 Å². The second-order valence-electron chi connectivity index (χ2n) is 9.50. The summed E-state index contributed by atoms with van der Waals surface area (Å²) in [6, 6.07) is 13.1. The topological polar surface area (TPSA) is 85.4 Å². The molecule has 4 heterocycles. The fourth-order valence-electron chi connectivity index (χ4n) is 5.39. The molecule has 2 aromatic carbocycles. The van der Waals surface area contributed by atoms with Crippen molar-refractivity contribution >= 4 is 16.9 Å². The molecule has 0 spiro atoms. The lowest BCUT2D eigenvalue weighted by atomic mass is 10.0. The molecule has 9 heteroatoms. The van der Waals surface area contributed by atoms with Crippen molar-refractivity contribution < 1.29 is 14.2 Å². The lowest BCUT2D eigenvalue weighted by Crippen LogP contribution is -2.36. The summed E-state index contributed by atoms with van der Waals surface area (Å²) in [4.78, 5) is 24.4. The van der Waals surface area contributed by atoms with Crippen LogP contribution in [0.4, 0.5) is 10.3 Å². The van der Waals surface area contributed by atoms with Crippen LogP contribution in [0.1, 0.15) is 37.8 Å². The molecule has 1 fully saturated rings. The van der Waals surface area contributed by atoms with Gasteiger partial charge >= 0.3 is 0 Å². The van der Waals surface area contributed by atoms with Crippen LogP contribution in [-0.4, -0.2) is 50.0 Å². The summed E-state index contributed by atoms with van der Waals surface area (Å²) in [7, 11) is 0. The number of fused-ring (bicyclic) bond motifs is 3. The van der Waals surface area contributed by atoms with E-state index in [2.05, 4.69) is 14.9 Å². The molecule has 1 N–H and O–H groups in total. The molecule has 36 heavy (non-hydrogen) atoms. The van der Waals surface area contributed by atoms with Crippen molar-refractivity contribution in [1.82, 2.24) is 19.3 Å². The molecule has 0 aliphatic carbocycles. The number of hydrogen-bond acceptors (Lipinski definition) is 6. The molecule has 186 valence electrons. The van der Waals surface area contributed by atoms with E-state index in [0.29, 0.717) is 23.6 Å². The molecule has 0 bridgehead atoms. The third kappa shape index (κ3) is 3.93. The average molecular weight is 490 g/mol. The molecule has 1 saturated heterocycles. The zero-order valence-corrected chi connectivity index (χ0v) is 20.0. The summed E-state index contributed by atoms with van der Waals surface area (Å²) < 4.78 is 22.9. The Morgan fingerprint density at radius 2 is 1.78 bits per heavy atom. The fourth-order valence-corrected chi connectivity index (χ4v) is 5.39. The zero-order chi connectivity index (χ0) is 24.8. The van der Waals surface area contributed by atoms with Gasteiger partial charge in [0, 0.05) is 50.1 Å². The minimum Gasteiger partial charge on any atom is -0.460 e. The lowest BCUT2D eigenvalue weighted by Gasteiger charge is -2.29. The SMILES string of the molecule is CC(F)Oc1ccccc1C1CCn2c(=O)c3ccc(-c4cnc(N5CCC(O)CC5)nc4)cc3n21. The first-order valence-electron chi connectivity index (χ1n) is 12.4. The molecule has 2 atom stereocenters. The minimum absolute atomic E-state index is 0.0322. The molecule has 8 nitrogen and oxygen atoms in total. The molecule has 0 radical (unpaired) electrons. The summed E-state index contributed by atoms with van der Waals surface area (Å²) in [5.74, 6) is 1.15. The summed E-state index contributed by atoms with van der Waals surface area (Å²) >= 11 is 0. The normalized spacial score (nSPS) is 19.0. The van der Waals surface area contributed by atoms with Crippen molar-refractivity contribution in [3.05, 3.63) is 70.8 Å². The minimum atomic E-state index is -1.43. The summed E-state index contributed by atoms with van der Waals surface area (Å²) in [6.45, 7) is 3.41. The van der Waals surface area contributed by atoms with Gasteiger partial charge in [0.2, 0.25) is 12.3 Å². The Hall–Kier alpha value is -3.72. The number of hydrogen-bond donors (Lipinski definition) is 1. The van der Waals surface area contributed by atoms with Gasteiger partial charge in [0.25, 0.3) is 5.56 Å². The molecular weight excluding hydrogens is 461 g/mol. The van der Waals surface area contributed by atoms with E-state index in [1.165, 1.54) is 6.92 Å². The van der Waals surface area contributed by atoms with Gasteiger partial charge in [0.15, 0.2) is 0 Å². The molecule has 2 aliphatic heterocycles. The van der Waals surface area contributed by atoms with Gasteiger partial charge in [-0.25, -0.2) is 19.0 Å². The highest BCUT2D eigenvalue weighted by atomic mass is 19.1. The van der Waals surface area contributed by atoms with E-state index in [1.807, 2.05) is 41.1 Å². The van der Waals surface area contributed by atoms with E-state index in [9.17, 15) is 14.3 Å². The average Bonchev–Trinajstić information content (AvgIpc) is 3.44. The number of aliphatic hydroxyl groups is 1.